The normalized spacial score (nSPS) is 16.9. The van der Waals surface area contributed by atoms with Crippen LogP contribution < -0.4 is 15.5 Å². The van der Waals surface area contributed by atoms with Crippen molar-refractivity contribution in [2.24, 2.45) is 0 Å². The van der Waals surface area contributed by atoms with Crippen LogP contribution in [0.25, 0.3) is 0 Å². The van der Waals surface area contributed by atoms with Gasteiger partial charge in [-0.3, -0.25) is 9.89 Å². The molecule has 33 heavy (non-hydrogen) atoms. The molecular weight excluding hydrogens is 438 g/mol. The highest BCUT2D eigenvalue weighted by Crippen LogP contribution is 2.40. The number of amides is 1. The van der Waals surface area contributed by atoms with E-state index in [-0.39, 0.29) is 5.91 Å². The van der Waals surface area contributed by atoms with E-state index in [9.17, 15) is 9.90 Å². The number of carbonyl (C=O) groups excluding carboxylic acids is 1. The van der Waals surface area contributed by atoms with Gasteiger partial charge in [0.1, 0.15) is 11.6 Å². The van der Waals surface area contributed by atoms with Crippen LogP contribution in [-0.4, -0.2) is 49.9 Å². The lowest BCUT2D eigenvalue weighted by Crippen LogP contribution is -2.60. The van der Waals surface area contributed by atoms with Crippen molar-refractivity contribution >= 4 is 40.8 Å². The molecule has 1 saturated carbocycles. The van der Waals surface area contributed by atoms with Gasteiger partial charge in [-0.05, 0) is 55.8 Å². The van der Waals surface area contributed by atoms with Crippen LogP contribution >= 0.6 is 11.8 Å². The minimum absolute atomic E-state index is 0.0178. The number of carbonyl (C=O) groups is 1. The zero-order chi connectivity index (χ0) is 23.0. The van der Waals surface area contributed by atoms with E-state index < -0.39 is 5.60 Å². The van der Waals surface area contributed by atoms with Gasteiger partial charge in [0.05, 0.1) is 5.60 Å². The molecule has 0 unspecified atom stereocenters. The summed E-state index contributed by atoms with van der Waals surface area (Å²) in [4.78, 5) is 24.0. The van der Waals surface area contributed by atoms with Crippen molar-refractivity contribution in [2.75, 3.05) is 28.6 Å². The van der Waals surface area contributed by atoms with E-state index in [1.807, 2.05) is 55.1 Å². The second-order valence-electron chi connectivity index (χ2n) is 8.88. The number of nitrogens with zero attached hydrogens (tertiary/aromatic N) is 4. The summed E-state index contributed by atoms with van der Waals surface area (Å²) in [5.74, 6) is 2.70. The molecule has 3 aromatic rings. The monoisotopic (exact) mass is 465 g/mol. The third kappa shape index (κ3) is 5.28. The summed E-state index contributed by atoms with van der Waals surface area (Å²) in [5.41, 5.74) is 1.21. The van der Waals surface area contributed by atoms with Crippen LogP contribution in [0, 0.1) is 0 Å². The Hall–Kier alpha value is -3.11. The third-order valence-corrected chi connectivity index (χ3v) is 6.49. The highest BCUT2D eigenvalue weighted by Gasteiger charge is 2.37. The lowest BCUT2D eigenvalue weighted by atomic mass is 9.97. The van der Waals surface area contributed by atoms with Crippen molar-refractivity contribution in [3.8, 4) is 0 Å². The number of benzene rings is 1. The zero-order valence-corrected chi connectivity index (χ0v) is 19.4. The van der Waals surface area contributed by atoms with E-state index in [2.05, 4.69) is 25.8 Å². The van der Waals surface area contributed by atoms with Crippen molar-refractivity contribution in [2.45, 2.75) is 54.7 Å². The molecule has 1 aliphatic carbocycles. The van der Waals surface area contributed by atoms with Crippen LogP contribution in [0.1, 0.15) is 44.7 Å². The van der Waals surface area contributed by atoms with E-state index in [0.29, 0.717) is 36.4 Å². The fraction of sp³-hybridized carbons (Fsp3) is 0.391. The van der Waals surface area contributed by atoms with Crippen LogP contribution in [-0.2, 0) is 4.79 Å². The highest BCUT2D eigenvalue weighted by molar-refractivity contribution is 7.99. The van der Waals surface area contributed by atoms with Crippen molar-refractivity contribution in [1.82, 2.24) is 20.2 Å². The average Bonchev–Trinajstić information content (AvgIpc) is 3.52. The summed E-state index contributed by atoms with van der Waals surface area (Å²) in [6.45, 7) is 4.69. The van der Waals surface area contributed by atoms with Gasteiger partial charge < -0.3 is 20.6 Å². The Balaban J connectivity index is 1.35. The number of nitrogens with one attached hydrogen (secondary N) is 3. The Morgan fingerprint density at radius 3 is 2.64 bits per heavy atom. The SMILES string of the molecule is CCC(=O)Nc1ccc(Sc2nc(Nc3cc(C4CC4)[nH]n3)cc(N3CC(C)(O)C3)n2)cc1. The largest absolute Gasteiger partial charge is 0.386 e. The van der Waals surface area contributed by atoms with Gasteiger partial charge in [-0.25, -0.2) is 9.97 Å². The first-order valence-corrected chi connectivity index (χ1v) is 11.9. The van der Waals surface area contributed by atoms with Gasteiger partial charge in [0.15, 0.2) is 11.0 Å². The predicted molar refractivity (Wildman–Crippen MR) is 128 cm³/mol. The lowest BCUT2D eigenvalue weighted by molar-refractivity contribution is -0.115. The van der Waals surface area contributed by atoms with E-state index in [1.165, 1.54) is 24.6 Å². The summed E-state index contributed by atoms with van der Waals surface area (Å²) >= 11 is 1.44. The molecule has 2 fully saturated rings. The number of aromatic amines is 1. The molecular formula is C23H27N7O2S. The third-order valence-electron chi connectivity index (χ3n) is 5.62. The Morgan fingerprint density at radius 1 is 1.21 bits per heavy atom. The molecule has 1 amide bonds. The second kappa shape index (κ2) is 8.68. The van der Waals surface area contributed by atoms with Crippen molar-refractivity contribution < 1.29 is 9.90 Å². The standard InChI is InChI=1S/C23H27N7O2S/c1-3-21(31)24-15-6-8-16(9-7-15)33-22-26-18(11-20(27-22)30-12-23(2,32)13-30)25-19-10-17(28-29-19)14-4-5-14/h6-11,14,32H,3-5,12-13H2,1-2H3,(H,24,31)(H2,25,26,27,28,29). The van der Waals surface area contributed by atoms with Crippen molar-refractivity contribution in [3.05, 3.63) is 42.1 Å². The maximum Gasteiger partial charge on any atom is 0.224 e. The molecule has 4 N–H and O–H groups in total. The second-order valence-corrected chi connectivity index (χ2v) is 9.92. The maximum atomic E-state index is 11.6. The number of aromatic nitrogens is 4. The number of β-amino-alcohol motifs (C(OH)–C–C–N with tert-alkyl or cyclic N) is 1. The first-order chi connectivity index (χ1) is 15.9. The van der Waals surface area contributed by atoms with Crippen molar-refractivity contribution in [1.29, 1.82) is 0 Å². The number of anilines is 4. The predicted octanol–water partition coefficient (Wildman–Crippen LogP) is 3.89. The first kappa shape index (κ1) is 21.7. The molecule has 0 spiro atoms. The highest BCUT2D eigenvalue weighted by atomic mass is 32.2. The zero-order valence-electron chi connectivity index (χ0n) is 18.6. The van der Waals surface area contributed by atoms with E-state index in [1.54, 1.807) is 0 Å². The van der Waals surface area contributed by atoms with E-state index in [4.69, 9.17) is 4.98 Å². The van der Waals surface area contributed by atoms with Crippen LogP contribution in [0.4, 0.5) is 23.1 Å². The molecule has 1 aromatic carbocycles. The van der Waals surface area contributed by atoms with E-state index in [0.717, 1.165) is 27.9 Å². The number of aliphatic hydroxyl groups is 1. The van der Waals surface area contributed by atoms with Crippen molar-refractivity contribution in [3.63, 3.8) is 0 Å². The topological polar surface area (TPSA) is 119 Å². The molecule has 3 heterocycles. The summed E-state index contributed by atoms with van der Waals surface area (Å²) in [6.07, 6.45) is 2.85. The minimum atomic E-state index is -0.702. The molecule has 0 bridgehead atoms. The Labute approximate surface area is 196 Å². The van der Waals surface area contributed by atoms with Gasteiger partial charge in [-0.2, -0.15) is 5.10 Å². The maximum absolute atomic E-state index is 11.6. The summed E-state index contributed by atoms with van der Waals surface area (Å²) < 4.78 is 0. The fourth-order valence-electron chi connectivity index (χ4n) is 3.72. The van der Waals surface area contributed by atoms with Crippen LogP contribution in [0.5, 0.6) is 0 Å². The quantitative estimate of drug-likeness (QED) is 0.370. The number of rotatable bonds is 8. The van der Waals surface area contributed by atoms with Gasteiger partial charge in [-0.15, -0.1) is 0 Å². The van der Waals surface area contributed by atoms with Crippen LogP contribution in [0.3, 0.4) is 0 Å². The summed E-state index contributed by atoms with van der Waals surface area (Å²) in [7, 11) is 0. The number of hydrogen-bond donors (Lipinski definition) is 4. The molecule has 2 aliphatic rings. The van der Waals surface area contributed by atoms with Gasteiger partial charge in [0, 0.05) is 53.8 Å². The van der Waals surface area contributed by atoms with Crippen LogP contribution in [0.15, 0.2) is 46.5 Å². The molecule has 0 radical (unpaired) electrons. The average molecular weight is 466 g/mol. The molecule has 0 atom stereocenters. The van der Waals surface area contributed by atoms with Crippen LogP contribution in [0.2, 0.25) is 0 Å². The lowest BCUT2D eigenvalue weighted by Gasteiger charge is -2.45. The van der Waals surface area contributed by atoms with E-state index >= 15 is 0 Å². The molecule has 172 valence electrons. The molecule has 5 rings (SSSR count). The Bertz CT molecular complexity index is 1150. The molecule has 1 saturated heterocycles. The molecule has 9 nitrogen and oxygen atoms in total. The summed E-state index contributed by atoms with van der Waals surface area (Å²) in [5, 5.41) is 24.4. The molecule has 2 aromatic heterocycles. The Morgan fingerprint density at radius 2 is 1.97 bits per heavy atom. The first-order valence-electron chi connectivity index (χ1n) is 11.1. The number of H-pyrrole nitrogens is 1. The molecule has 1 aliphatic heterocycles. The molecule has 10 heteroatoms. The minimum Gasteiger partial charge on any atom is -0.386 e. The van der Waals surface area contributed by atoms with Gasteiger partial charge >= 0.3 is 0 Å². The van der Waals surface area contributed by atoms with Gasteiger partial charge in [0.2, 0.25) is 5.91 Å². The van der Waals surface area contributed by atoms with Gasteiger partial charge in [0.25, 0.3) is 0 Å². The smallest absolute Gasteiger partial charge is 0.224 e. The number of hydrogen-bond acceptors (Lipinski definition) is 8. The summed E-state index contributed by atoms with van der Waals surface area (Å²) in [6, 6.07) is 11.5. The fourth-order valence-corrected chi connectivity index (χ4v) is 4.49. The Kier molecular flexibility index (Phi) is 5.71. The van der Waals surface area contributed by atoms with Gasteiger partial charge in [-0.1, -0.05) is 6.92 Å².